The summed E-state index contributed by atoms with van der Waals surface area (Å²) < 4.78 is 5.14. The predicted octanol–water partition coefficient (Wildman–Crippen LogP) is 0.721. The first-order valence-electron chi connectivity index (χ1n) is 6.47. The molecule has 0 aliphatic carbocycles. The molecule has 1 atom stereocenters. The van der Waals surface area contributed by atoms with E-state index < -0.39 is 41.0 Å². The fourth-order valence-electron chi connectivity index (χ4n) is 2.47. The van der Waals surface area contributed by atoms with Crippen molar-refractivity contribution in [1.29, 1.82) is 0 Å². The van der Waals surface area contributed by atoms with Crippen LogP contribution in [0.2, 0.25) is 0 Å². The normalized spacial score (nSPS) is 19.4. The van der Waals surface area contributed by atoms with Gasteiger partial charge in [-0.2, -0.15) is 0 Å². The summed E-state index contributed by atoms with van der Waals surface area (Å²) in [6.45, 7) is 0. The number of phenolic OH excluding ortho intramolecular Hbond substituents is 5. The Kier molecular flexibility index (Phi) is 3.01. The number of hydrogen-bond donors (Lipinski definition) is 6. The molecule has 6 N–H and O–H groups in total. The second-order valence-corrected chi connectivity index (χ2v) is 5.21. The first-order chi connectivity index (χ1) is 10.7. The lowest BCUT2D eigenvalue weighted by Gasteiger charge is -2.20. The van der Waals surface area contributed by atoms with Gasteiger partial charge in [0.25, 0.3) is 5.79 Å². The number of carbonyl (C=O) groups excluding carboxylic acids is 1. The van der Waals surface area contributed by atoms with Gasteiger partial charge < -0.3 is 35.4 Å². The molecule has 1 heterocycles. The van der Waals surface area contributed by atoms with Crippen LogP contribution in [-0.4, -0.2) is 42.2 Å². The van der Waals surface area contributed by atoms with Crippen LogP contribution in [0, 0.1) is 0 Å². The van der Waals surface area contributed by atoms with E-state index in [1.165, 1.54) is 0 Å². The van der Waals surface area contributed by atoms with E-state index >= 15 is 0 Å². The zero-order valence-corrected chi connectivity index (χ0v) is 11.5. The molecular formula is C15H12O8. The summed E-state index contributed by atoms with van der Waals surface area (Å²) in [5.74, 6) is -6.40. The number of aromatic hydroxyl groups is 5. The van der Waals surface area contributed by atoms with E-state index in [0.29, 0.717) is 0 Å². The molecule has 1 unspecified atom stereocenters. The molecule has 23 heavy (non-hydrogen) atoms. The zero-order valence-electron chi connectivity index (χ0n) is 11.5. The number of rotatable bonds is 2. The van der Waals surface area contributed by atoms with Gasteiger partial charge in [0, 0.05) is 18.6 Å². The Morgan fingerprint density at radius 1 is 0.913 bits per heavy atom. The first kappa shape index (κ1) is 14.8. The van der Waals surface area contributed by atoms with Crippen molar-refractivity contribution in [3.05, 3.63) is 35.4 Å². The molecule has 8 nitrogen and oxygen atoms in total. The number of phenols is 5. The highest BCUT2D eigenvalue weighted by Gasteiger charge is 2.48. The molecule has 0 fully saturated rings. The molecule has 1 aliphatic rings. The molecule has 2 aromatic carbocycles. The van der Waals surface area contributed by atoms with Crippen LogP contribution in [0.1, 0.15) is 15.9 Å². The van der Waals surface area contributed by atoms with E-state index in [2.05, 4.69) is 0 Å². The minimum atomic E-state index is -2.39. The predicted molar refractivity (Wildman–Crippen MR) is 74.8 cm³/mol. The second kappa shape index (κ2) is 4.68. The fraction of sp³-hybridized carbons (Fsp3) is 0.133. The molecule has 2 aromatic rings. The summed E-state index contributed by atoms with van der Waals surface area (Å²) in [5.41, 5.74) is -0.178. The third-order valence-corrected chi connectivity index (χ3v) is 3.50. The Labute approximate surface area is 129 Å². The molecule has 1 aliphatic heterocycles. The highest BCUT2D eigenvalue weighted by Crippen LogP contribution is 2.44. The molecule has 0 saturated carbocycles. The van der Waals surface area contributed by atoms with Crippen LogP contribution < -0.4 is 4.74 Å². The van der Waals surface area contributed by atoms with Gasteiger partial charge in [0.15, 0.2) is 17.2 Å². The number of hydrogen-bond acceptors (Lipinski definition) is 8. The fourth-order valence-corrected chi connectivity index (χ4v) is 2.47. The maximum absolute atomic E-state index is 12.3. The van der Waals surface area contributed by atoms with E-state index in [0.717, 1.165) is 24.3 Å². The largest absolute Gasteiger partial charge is 0.508 e. The lowest BCUT2D eigenvalue weighted by molar-refractivity contribution is -0.0889. The molecule has 8 heteroatoms. The number of benzene rings is 2. The number of carbonyl (C=O) groups is 1. The van der Waals surface area contributed by atoms with Crippen LogP contribution in [0.15, 0.2) is 24.3 Å². The van der Waals surface area contributed by atoms with Crippen LogP contribution in [0.25, 0.3) is 0 Å². The summed E-state index contributed by atoms with van der Waals surface area (Å²) in [6, 6.07) is 4.09. The quantitative estimate of drug-likeness (QED) is 0.443. The van der Waals surface area contributed by atoms with Crippen molar-refractivity contribution in [3.8, 4) is 34.5 Å². The molecule has 0 bridgehead atoms. The van der Waals surface area contributed by atoms with Gasteiger partial charge in [-0.25, -0.2) is 0 Å². The molecule has 3 rings (SSSR count). The molecule has 120 valence electrons. The average molecular weight is 320 g/mol. The number of Topliss-reactive ketones (excluding diaryl/α,β-unsaturated/α-hetero) is 1. The Hall–Kier alpha value is -3.13. The smallest absolute Gasteiger partial charge is 0.277 e. The molecule has 0 radical (unpaired) electrons. The second-order valence-electron chi connectivity index (χ2n) is 5.21. The minimum absolute atomic E-state index is 0.102. The van der Waals surface area contributed by atoms with E-state index in [4.69, 9.17) is 4.74 Å². The summed E-state index contributed by atoms with van der Waals surface area (Å²) in [4.78, 5) is 12.3. The lowest BCUT2D eigenvalue weighted by Crippen LogP contribution is -2.42. The topological polar surface area (TPSA) is 148 Å². The third-order valence-electron chi connectivity index (χ3n) is 3.50. The van der Waals surface area contributed by atoms with Crippen LogP contribution in [-0.2, 0) is 6.42 Å². The minimum Gasteiger partial charge on any atom is -0.508 e. The highest BCUT2D eigenvalue weighted by molar-refractivity contribution is 6.08. The van der Waals surface area contributed by atoms with Gasteiger partial charge in [0.05, 0.1) is 0 Å². The highest BCUT2D eigenvalue weighted by atomic mass is 16.6. The van der Waals surface area contributed by atoms with Gasteiger partial charge in [-0.15, -0.1) is 0 Å². The maximum atomic E-state index is 12.3. The number of ether oxygens (including phenoxy) is 1. The van der Waals surface area contributed by atoms with Gasteiger partial charge in [0.2, 0.25) is 5.78 Å². The molecule has 0 aromatic heterocycles. The van der Waals surface area contributed by atoms with Crippen LogP contribution in [0.4, 0.5) is 0 Å². The first-order valence-corrected chi connectivity index (χ1v) is 6.47. The monoisotopic (exact) mass is 320 g/mol. The number of fused-ring (bicyclic) bond motifs is 1. The number of aliphatic hydroxyl groups is 1. The summed E-state index contributed by atoms with van der Waals surface area (Å²) in [6.07, 6.45) is -0.470. The standard InChI is InChI=1S/C15H12O8/c16-7-3-8(17)12-11(4-7)23-15(22,14(12)21)5-6-1-9(18)13(20)10(19)2-6/h1-4,16-20,22H,5H2. The van der Waals surface area contributed by atoms with Crippen molar-refractivity contribution < 1.29 is 40.2 Å². The SMILES string of the molecule is O=C1c2c(O)cc(O)cc2OC1(O)Cc1cc(O)c(O)c(O)c1. The van der Waals surface area contributed by atoms with E-state index in [1.807, 2.05) is 0 Å². The third kappa shape index (κ3) is 2.25. The van der Waals surface area contributed by atoms with Crippen molar-refractivity contribution in [3.63, 3.8) is 0 Å². The zero-order chi connectivity index (χ0) is 16.9. The summed E-state index contributed by atoms with van der Waals surface area (Å²) in [5, 5.41) is 57.8. The Morgan fingerprint density at radius 2 is 1.52 bits per heavy atom. The van der Waals surface area contributed by atoms with Crippen molar-refractivity contribution in [2.24, 2.45) is 0 Å². The van der Waals surface area contributed by atoms with Crippen molar-refractivity contribution in [2.45, 2.75) is 12.2 Å². The average Bonchev–Trinajstić information content (AvgIpc) is 2.67. The van der Waals surface area contributed by atoms with Gasteiger partial charge >= 0.3 is 0 Å². The van der Waals surface area contributed by atoms with E-state index in [9.17, 15) is 35.4 Å². The Morgan fingerprint density at radius 3 is 2.13 bits per heavy atom. The van der Waals surface area contributed by atoms with Gasteiger partial charge in [-0.3, -0.25) is 4.79 Å². The lowest BCUT2D eigenvalue weighted by atomic mass is 9.97. The molecule has 0 saturated heterocycles. The Bertz CT molecular complexity index is 805. The number of ketones is 1. The summed E-state index contributed by atoms with van der Waals surface area (Å²) >= 11 is 0. The van der Waals surface area contributed by atoms with Crippen molar-refractivity contribution in [1.82, 2.24) is 0 Å². The van der Waals surface area contributed by atoms with Crippen molar-refractivity contribution in [2.75, 3.05) is 0 Å². The van der Waals surface area contributed by atoms with Gasteiger partial charge in [-0.1, -0.05) is 0 Å². The maximum Gasteiger partial charge on any atom is 0.277 e. The van der Waals surface area contributed by atoms with Gasteiger partial charge in [-0.05, 0) is 17.7 Å². The Balaban J connectivity index is 1.99. The van der Waals surface area contributed by atoms with Crippen LogP contribution >= 0.6 is 0 Å². The summed E-state index contributed by atoms with van der Waals surface area (Å²) in [7, 11) is 0. The van der Waals surface area contributed by atoms with Crippen LogP contribution in [0.5, 0.6) is 34.5 Å². The van der Waals surface area contributed by atoms with Crippen molar-refractivity contribution >= 4 is 5.78 Å². The van der Waals surface area contributed by atoms with Crippen LogP contribution in [0.3, 0.4) is 0 Å². The molecule has 0 amide bonds. The van der Waals surface area contributed by atoms with Gasteiger partial charge in [0.1, 0.15) is 22.8 Å². The molecule has 0 spiro atoms. The van der Waals surface area contributed by atoms with E-state index in [-0.39, 0.29) is 22.6 Å². The van der Waals surface area contributed by atoms with E-state index in [1.54, 1.807) is 0 Å². The molecular weight excluding hydrogens is 308 g/mol.